The van der Waals surface area contributed by atoms with Crippen LogP contribution < -0.4 is 5.43 Å². The summed E-state index contributed by atoms with van der Waals surface area (Å²) in [5.41, 5.74) is 3.11. The first kappa shape index (κ1) is 16.6. The molecule has 23 heavy (non-hydrogen) atoms. The lowest BCUT2D eigenvalue weighted by molar-refractivity contribution is -0.384. The summed E-state index contributed by atoms with van der Waals surface area (Å²) in [6.45, 7) is 0. The Morgan fingerprint density at radius 3 is 2.65 bits per heavy atom. The molecule has 0 radical (unpaired) electrons. The number of carbonyl (C=O) groups excluding carboxylic acids is 1. The van der Waals surface area contributed by atoms with Gasteiger partial charge >= 0.3 is 0 Å². The fraction of sp³-hybridized carbons (Fsp3) is 0.0667. The number of hydrogen-bond acceptors (Lipinski definition) is 4. The van der Waals surface area contributed by atoms with Crippen LogP contribution >= 0.6 is 11.6 Å². The van der Waals surface area contributed by atoms with Gasteiger partial charge in [-0.3, -0.25) is 14.9 Å². The molecule has 0 aliphatic heterocycles. The van der Waals surface area contributed by atoms with Crippen molar-refractivity contribution < 1.29 is 14.1 Å². The first-order valence-corrected chi connectivity index (χ1v) is 6.84. The van der Waals surface area contributed by atoms with Gasteiger partial charge in [-0.2, -0.15) is 5.10 Å². The van der Waals surface area contributed by atoms with Gasteiger partial charge in [-0.05, 0) is 23.8 Å². The number of carbonyl (C=O) groups is 1. The number of nitro benzene ring substituents is 1. The van der Waals surface area contributed by atoms with Crippen molar-refractivity contribution in [3.8, 4) is 0 Å². The van der Waals surface area contributed by atoms with Gasteiger partial charge in [-0.1, -0.05) is 29.8 Å². The van der Waals surface area contributed by atoms with Gasteiger partial charge in [0.15, 0.2) is 0 Å². The molecular formula is C15H11ClFN3O3. The van der Waals surface area contributed by atoms with E-state index in [-0.39, 0.29) is 22.9 Å². The molecule has 118 valence electrons. The minimum Gasteiger partial charge on any atom is -0.273 e. The first-order chi connectivity index (χ1) is 11.0. The molecule has 6 nitrogen and oxygen atoms in total. The Kier molecular flexibility index (Phi) is 5.37. The summed E-state index contributed by atoms with van der Waals surface area (Å²) in [7, 11) is 0. The van der Waals surface area contributed by atoms with Crippen LogP contribution in [0.1, 0.15) is 11.1 Å². The van der Waals surface area contributed by atoms with Crippen molar-refractivity contribution in [2.45, 2.75) is 6.42 Å². The number of nitro groups is 1. The Balaban J connectivity index is 1.96. The number of hydrazone groups is 1. The number of hydrogen-bond donors (Lipinski definition) is 1. The highest BCUT2D eigenvalue weighted by Gasteiger charge is 2.11. The van der Waals surface area contributed by atoms with Gasteiger partial charge in [-0.15, -0.1) is 0 Å². The van der Waals surface area contributed by atoms with Crippen LogP contribution in [0.2, 0.25) is 5.02 Å². The molecule has 0 aliphatic rings. The number of halogens is 2. The zero-order valence-corrected chi connectivity index (χ0v) is 12.5. The van der Waals surface area contributed by atoms with E-state index in [1.165, 1.54) is 48.7 Å². The second kappa shape index (κ2) is 7.46. The predicted molar refractivity (Wildman–Crippen MR) is 83.9 cm³/mol. The molecular weight excluding hydrogens is 325 g/mol. The van der Waals surface area contributed by atoms with E-state index < -0.39 is 10.8 Å². The monoisotopic (exact) mass is 335 g/mol. The van der Waals surface area contributed by atoms with Crippen LogP contribution in [0.15, 0.2) is 47.6 Å². The highest BCUT2D eigenvalue weighted by Crippen LogP contribution is 2.24. The molecule has 0 saturated carbocycles. The minimum atomic E-state index is -0.604. The van der Waals surface area contributed by atoms with Gasteiger partial charge in [0.1, 0.15) is 10.8 Å². The van der Waals surface area contributed by atoms with Crippen LogP contribution in [0.4, 0.5) is 10.1 Å². The molecule has 2 rings (SSSR count). The van der Waals surface area contributed by atoms with Crippen molar-refractivity contribution in [2.75, 3.05) is 0 Å². The van der Waals surface area contributed by atoms with Crippen LogP contribution in [0.5, 0.6) is 0 Å². The number of benzene rings is 2. The van der Waals surface area contributed by atoms with E-state index in [4.69, 9.17) is 11.6 Å². The number of nitrogens with one attached hydrogen (secondary N) is 1. The Morgan fingerprint density at radius 1 is 1.30 bits per heavy atom. The summed E-state index contributed by atoms with van der Waals surface area (Å²) in [6.07, 6.45) is 1.31. The maximum Gasteiger partial charge on any atom is 0.288 e. The number of nitrogens with zero attached hydrogens (tertiary/aromatic N) is 2. The molecule has 2 aromatic carbocycles. The van der Waals surface area contributed by atoms with Gasteiger partial charge in [0.25, 0.3) is 5.69 Å². The summed E-state index contributed by atoms with van der Waals surface area (Å²) in [6, 6.07) is 9.68. The molecule has 0 atom stereocenters. The zero-order chi connectivity index (χ0) is 16.8. The van der Waals surface area contributed by atoms with Gasteiger partial charge < -0.3 is 0 Å². The average Bonchev–Trinajstić information content (AvgIpc) is 2.51. The molecule has 0 spiro atoms. The number of amides is 1. The van der Waals surface area contributed by atoms with Crippen molar-refractivity contribution in [1.82, 2.24) is 5.43 Å². The van der Waals surface area contributed by atoms with E-state index in [1.54, 1.807) is 0 Å². The standard InChI is InChI=1S/C15H11ClFN3O3/c16-13-6-3-11(7-14(13)20(22)23)9-18-19-15(21)8-10-1-4-12(17)5-2-10/h1-7,9H,8H2,(H,19,21)/b18-9+. The summed E-state index contributed by atoms with van der Waals surface area (Å²) in [4.78, 5) is 21.8. The lowest BCUT2D eigenvalue weighted by Gasteiger charge is -2.01. The molecule has 0 heterocycles. The molecule has 1 amide bonds. The molecule has 0 aliphatic carbocycles. The summed E-state index contributed by atoms with van der Waals surface area (Å²) >= 11 is 5.69. The Bertz CT molecular complexity index is 763. The Hall–Kier alpha value is -2.80. The zero-order valence-electron chi connectivity index (χ0n) is 11.7. The van der Waals surface area contributed by atoms with E-state index in [9.17, 15) is 19.3 Å². The van der Waals surface area contributed by atoms with Gasteiger partial charge in [0.2, 0.25) is 5.91 Å². The van der Waals surface area contributed by atoms with Gasteiger partial charge in [0.05, 0.1) is 17.6 Å². The molecule has 0 unspecified atom stereocenters. The van der Waals surface area contributed by atoms with Crippen molar-refractivity contribution >= 4 is 29.4 Å². The minimum absolute atomic E-state index is 0.0208. The van der Waals surface area contributed by atoms with Crippen molar-refractivity contribution in [3.63, 3.8) is 0 Å². The van der Waals surface area contributed by atoms with E-state index in [2.05, 4.69) is 10.5 Å². The fourth-order valence-electron chi connectivity index (χ4n) is 1.76. The van der Waals surface area contributed by atoms with Gasteiger partial charge in [0, 0.05) is 11.6 Å². The normalized spacial score (nSPS) is 10.7. The van der Waals surface area contributed by atoms with Crippen LogP contribution in [0.3, 0.4) is 0 Å². The maximum absolute atomic E-state index is 12.8. The molecule has 1 N–H and O–H groups in total. The molecule has 2 aromatic rings. The lowest BCUT2D eigenvalue weighted by atomic mass is 10.1. The van der Waals surface area contributed by atoms with Crippen LogP contribution in [-0.4, -0.2) is 17.0 Å². The first-order valence-electron chi connectivity index (χ1n) is 6.46. The highest BCUT2D eigenvalue weighted by atomic mass is 35.5. The molecule has 8 heteroatoms. The van der Waals surface area contributed by atoms with Crippen LogP contribution in [0, 0.1) is 15.9 Å². The Labute approximate surface area is 135 Å². The summed E-state index contributed by atoms with van der Waals surface area (Å²) in [5.74, 6) is -0.771. The maximum atomic E-state index is 12.8. The van der Waals surface area contributed by atoms with Crippen molar-refractivity contribution in [3.05, 3.63) is 74.5 Å². The second-order valence-corrected chi connectivity index (χ2v) is 4.97. The highest BCUT2D eigenvalue weighted by molar-refractivity contribution is 6.32. The SMILES string of the molecule is O=C(Cc1ccc(F)cc1)N/N=C/c1ccc(Cl)c([N+](=O)[O-])c1. The molecule has 0 aromatic heterocycles. The summed E-state index contributed by atoms with van der Waals surface area (Å²) < 4.78 is 12.8. The quantitative estimate of drug-likeness (QED) is 0.517. The second-order valence-electron chi connectivity index (χ2n) is 4.56. The van der Waals surface area contributed by atoms with E-state index in [0.29, 0.717) is 11.1 Å². The largest absolute Gasteiger partial charge is 0.288 e. The van der Waals surface area contributed by atoms with Crippen LogP contribution in [0.25, 0.3) is 0 Å². The van der Waals surface area contributed by atoms with E-state index in [0.717, 1.165) is 0 Å². The predicted octanol–water partition coefficient (Wildman–Crippen LogP) is 3.08. The van der Waals surface area contributed by atoms with Crippen molar-refractivity contribution in [2.24, 2.45) is 5.10 Å². The third-order valence-electron chi connectivity index (χ3n) is 2.85. The fourth-order valence-corrected chi connectivity index (χ4v) is 1.94. The Morgan fingerprint density at radius 2 is 2.00 bits per heavy atom. The lowest BCUT2D eigenvalue weighted by Crippen LogP contribution is -2.19. The topological polar surface area (TPSA) is 84.6 Å². The summed E-state index contributed by atoms with van der Waals surface area (Å²) in [5, 5.41) is 14.5. The average molecular weight is 336 g/mol. The third-order valence-corrected chi connectivity index (χ3v) is 3.17. The van der Waals surface area contributed by atoms with E-state index >= 15 is 0 Å². The molecule has 0 bridgehead atoms. The van der Waals surface area contributed by atoms with Gasteiger partial charge in [-0.25, -0.2) is 9.82 Å². The molecule has 0 saturated heterocycles. The molecule has 0 fully saturated rings. The smallest absolute Gasteiger partial charge is 0.273 e. The van der Waals surface area contributed by atoms with E-state index in [1.807, 2.05) is 0 Å². The number of rotatable bonds is 5. The third kappa shape index (κ3) is 4.86. The van der Waals surface area contributed by atoms with Crippen LogP contribution in [-0.2, 0) is 11.2 Å². The van der Waals surface area contributed by atoms with Crippen molar-refractivity contribution in [1.29, 1.82) is 0 Å².